The van der Waals surface area contributed by atoms with Gasteiger partial charge in [0.05, 0.1) is 0 Å². The highest BCUT2D eigenvalue weighted by Gasteiger charge is 2.48. The van der Waals surface area contributed by atoms with E-state index in [-0.39, 0.29) is 5.82 Å². The number of fused-ring (bicyclic) bond motifs is 3. The van der Waals surface area contributed by atoms with Gasteiger partial charge >= 0.3 is 0 Å². The van der Waals surface area contributed by atoms with Crippen LogP contribution in [0.25, 0.3) is 0 Å². The van der Waals surface area contributed by atoms with E-state index in [4.69, 9.17) is 11.6 Å². The molecule has 0 nitrogen and oxygen atoms in total. The summed E-state index contributed by atoms with van der Waals surface area (Å²) < 4.78 is 13.0. The van der Waals surface area contributed by atoms with E-state index >= 15 is 0 Å². The van der Waals surface area contributed by atoms with Crippen molar-refractivity contribution in [2.75, 3.05) is 5.88 Å². The Morgan fingerprint density at radius 3 is 1.94 bits per heavy atom. The van der Waals surface area contributed by atoms with Crippen molar-refractivity contribution in [1.82, 2.24) is 0 Å². The largest absolute Gasteiger partial charge is 0.207 e. The summed E-state index contributed by atoms with van der Waals surface area (Å²) in [5.41, 5.74) is 2.08. The number of hydrogen-bond acceptors (Lipinski definition) is 0. The molecule has 4 rings (SSSR count). The zero-order valence-electron chi connectivity index (χ0n) is 10.0. The van der Waals surface area contributed by atoms with E-state index in [9.17, 15) is 4.39 Å². The van der Waals surface area contributed by atoms with Crippen LogP contribution in [0.1, 0.15) is 44.1 Å². The molecule has 3 fully saturated rings. The van der Waals surface area contributed by atoms with Crippen LogP contribution in [0.15, 0.2) is 24.3 Å². The Bertz CT molecular complexity index is 385. The summed E-state index contributed by atoms with van der Waals surface area (Å²) in [6.45, 7) is 0. The Morgan fingerprint density at radius 1 is 0.941 bits per heavy atom. The van der Waals surface area contributed by atoms with Gasteiger partial charge < -0.3 is 0 Å². The lowest BCUT2D eigenvalue weighted by molar-refractivity contribution is 0.0585. The molecule has 3 aliphatic carbocycles. The van der Waals surface area contributed by atoms with Gasteiger partial charge in [0.1, 0.15) is 5.82 Å². The molecule has 0 aliphatic heterocycles. The molecule has 0 amide bonds. The van der Waals surface area contributed by atoms with E-state index in [1.807, 2.05) is 12.1 Å². The molecule has 0 aromatic heterocycles. The molecule has 0 N–H and O–H groups in total. The topological polar surface area (TPSA) is 0 Å². The minimum Gasteiger partial charge on any atom is -0.207 e. The maximum atomic E-state index is 13.0. The Balaban J connectivity index is 1.88. The third-order valence-corrected chi connectivity index (χ3v) is 5.71. The molecule has 17 heavy (non-hydrogen) atoms. The normalized spacial score (nSPS) is 36.1. The van der Waals surface area contributed by atoms with E-state index in [1.165, 1.54) is 44.1 Å². The molecule has 0 heterocycles. The van der Waals surface area contributed by atoms with Crippen molar-refractivity contribution in [2.45, 2.75) is 43.9 Å². The molecule has 0 spiro atoms. The van der Waals surface area contributed by atoms with Crippen LogP contribution < -0.4 is 0 Å². The van der Waals surface area contributed by atoms with Crippen LogP contribution in [0.5, 0.6) is 0 Å². The van der Waals surface area contributed by atoms with Crippen LogP contribution >= 0.6 is 11.6 Å². The van der Waals surface area contributed by atoms with Gasteiger partial charge in [-0.2, -0.15) is 0 Å². The predicted molar refractivity (Wildman–Crippen MR) is 68.9 cm³/mol. The standard InChI is InChI=1S/C15H18ClF/c16-11-14-5-8-15(9-6-14,10-7-14)12-1-3-13(17)4-2-12/h1-4H,5-11H2. The molecule has 1 aromatic rings. The second-order valence-corrected chi connectivity index (χ2v) is 6.19. The lowest BCUT2D eigenvalue weighted by atomic mass is 9.52. The SMILES string of the molecule is Fc1ccc(C23CCC(CCl)(CC2)CC3)cc1. The third kappa shape index (κ3) is 1.79. The van der Waals surface area contributed by atoms with Crippen LogP contribution in [0.3, 0.4) is 0 Å². The highest BCUT2D eigenvalue weighted by atomic mass is 35.5. The Morgan fingerprint density at radius 2 is 1.47 bits per heavy atom. The Labute approximate surface area is 107 Å². The smallest absolute Gasteiger partial charge is 0.123 e. The van der Waals surface area contributed by atoms with E-state index in [2.05, 4.69) is 0 Å². The van der Waals surface area contributed by atoms with Crippen molar-refractivity contribution in [2.24, 2.45) is 5.41 Å². The Kier molecular flexibility index (Phi) is 2.70. The first-order valence-corrected chi connectivity index (χ1v) is 7.04. The summed E-state index contributed by atoms with van der Waals surface area (Å²) in [5.74, 6) is 0.679. The lowest BCUT2D eigenvalue weighted by Crippen LogP contribution is -2.44. The zero-order chi connectivity index (χ0) is 11.9. The first-order chi connectivity index (χ1) is 8.18. The van der Waals surface area contributed by atoms with E-state index < -0.39 is 0 Å². The third-order valence-electron chi connectivity index (χ3n) is 5.14. The quantitative estimate of drug-likeness (QED) is 0.672. The van der Waals surface area contributed by atoms with Gasteiger partial charge in [0.2, 0.25) is 0 Å². The summed E-state index contributed by atoms with van der Waals surface area (Å²) in [5, 5.41) is 0. The molecule has 0 unspecified atom stereocenters. The Hall–Kier alpha value is -0.560. The van der Waals surface area contributed by atoms with Gasteiger partial charge in [-0.05, 0) is 67.1 Å². The maximum Gasteiger partial charge on any atom is 0.123 e. The lowest BCUT2D eigenvalue weighted by Gasteiger charge is -2.53. The van der Waals surface area contributed by atoms with Gasteiger partial charge in [-0.15, -0.1) is 11.6 Å². The second-order valence-electron chi connectivity index (χ2n) is 5.92. The minimum absolute atomic E-state index is 0.133. The molecule has 1 aromatic carbocycles. The van der Waals surface area contributed by atoms with Crippen molar-refractivity contribution in [3.63, 3.8) is 0 Å². The van der Waals surface area contributed by atoms with Crippen LogP contribution in [-0.4, -0.2) is 5.88 Å². The summed E-state index contributed by atoms with van der Waals surface area (Å²) in [6, 6.07) is 7.16. The average molecular weight is 253 g/mol. The highest BCUT2D eigenvalue weighted by molar-refractivity contribution is 6.18. The summed E-state index contributed by atoms with van der Waals surface area (Å²) >= 11 is 6.12. The fourth-order valence-corrected chi connectivity index (χ4v) is 4.10. The molecule has 3 aliphatic rings. The fraction of sp³-hybridized carbons (Fsp3) is 0.600. The molecule has 0 saturated heterocycles. The van der Waals surface area contributed by atoms with E-state index in [0.29, 0.717) is 10.8 Å². The average Bonchev–Trinajstić information content (AvgIpc) is 2.41. The van der Waals surface area contributed by atoms with Crippen molar-refractivity contribution in [3.05, 3.63) is 35.6 Å². The second kappa shape index (κ2) is 3.98. The first kappa shape index (κ1) is 11.5. The fourth-order valence-electron chi connectivity index (χ4n) is 3.70. The number of benzene rings is 1. The molecular weight excluding hydrogens is 235 g/mol. The van der Waals surface area contributed by atoms with Gasteiger partial charge in [0.15, 0.2) is 0 Å². The number of alkyl halides is 1. The van der Waals surface area contributed by atoms with Gasteiger partial charge in [-0.3, -0.25) is 0 Å². The summed E-state index contributed by atoms with van der Waals surface area (Å²) in [4.78, 5) is 0. The van der Waals surface area contributed by atoms with Gasteiger partial charge in [-0.1, -0.05) is 12.1 Å². The summed E-state index contributed by atoms with van der Waals surface area (Å²) in [6.07, 6.45) is 7.41. The van der Waals surface area contributed by atoms with E-state index in [1.54, 1.807) is 12.1 Å². The van der Waals surface area contributed by atoms with Gasteiger partial charge in [0, 0.05) is 5.88 Å². The van der Waals surface area contributed by atoms with Gasteiger partial charge in [0.25, 0.3) is 0 Å². The molecule has 3 saturated carbocycles. The van der Waals surface area contributed by atoms with Crippen LogP contribution in [0.4, 0.5) is 4.39 Å². The molecule has 2 heteroatoms. The van der Waals surface area contributed by atoms with Crippen molar-refractivity contribution < 1.29 is 4.39 Å². The summed E-state index contributed by atoms with van der Waals surface area (Å²) in [7, 11) is 0. The highest BCUT2D eigenvalue weighted by Crippen LogP contribution is 2.57. The van der Waals surface area contributed by atoms with Crippen molar-refractivity contribution in [1.29, 1.82) is 0 Å². The van der Waals surface area contributed by atoms with Crippen molar-refractivity contribution >= 4 is 11.6 Å². The number of rotatable bonds is 2. The predicted octanol–water partition coefficient (Wildman–Crippen LogP) is 4.66. The minimum atomic E-state index is -0.133. The molecular formula is C15H18ClF. The van der Waals surface area contributed by atoms with Crippen LogP contribution in [0, 0.1) is 11.2 Å². The monoisotopic (exact) mass is 252 g/mol. The molecule has 92 valence electrons. The van der Waals surface area contributed by atoms with Gasteiger partial charge in [-0.25, -0.2) is 4.39 Å². The van der Waals surface area contributed by atoms with Crippen LogP contribution in [0.2, 0.25) is 0 Å². The van der Waals surface area contributed by atoms with E-state index in [0.717, 1.165) is 5.88 Å². The molecule has 0 atom stereocenters. The molecule has 2 bridgehead atoms. The first-order valence-electron chi connectivity index (χ1n) is 6.50. The van der Waals surface area contributed by atoms with Crippen molar-refractivity contribution in [3.8, 4) is 0 Å². The zero-order valence-corrected chi connectivity index (χ0v) is 10.8. The van der Waals surface area contributed by atoms with Crippen LogP contribution in [-0.2, 0) is 5.41 Å². The molecule has 0 radical (unpaired) electrons. The number of halogens is 2. The number of hydrogen-bond donors (Lipinski definition) is 0. The maximum absolute atomic E-state index is 13.0.